The highest BCUT2D eigenvalue weighted by Crippen LogP contribution is 2.33. The molecular formula is C74H143NO18. The zero-order valence-corrected chi connectivity index (χ0v) is 58.8. The zero-order chi connectivity index (χ0) is 67.5. The molecule has 12 N–H and O–H groups in total. The van der Waals surface area contributed by atoms with Crippen LogP contribution in [0.2, 0.25) is 0 Å². The van der Waals surface area contributed by atoms with Crippen molar-refractivity contribution in [1.82, 2.24) is 5.32 Å². The molecule has 3 fully saturated rings. The molecule has 0 saturated carbocycles. The summed E-state index contributed by atoms with van der Waals surface area (Å²) < 4.78 is 34.4. The number of aliphatic hydroxyl groups is 11. The number of ether oxygens (including phenoxy) is 6. The van der Waals surface area contributed by atoms with Crippen LogP contribution in [0.1, 0.15) is 335 Å². The second kappa shape index (κ2) is 56.5. The predicted molar refractivity (Wildman–Crippen MR) is 365 cm³/mol. The molecule has 3 aliphatic rings. The summed E-state index contributed by atoms with van der Waals surface area (Å²) in [5, 5.41) is 121. The second-order valence-electron chi connectivity index (χ2n) is 28.2. The van der Waals surface area contributed by atoms with Gasteiger partial charge in [0, 0.05) is 6.42 Å². The van der Waals surface area contributed by atoms with Crippen LogP contribution in [-0.2, 0) is 33.2 Å². The number of hydrogen-bond acceptors (Lipinski definition) is 18. The van der Waals surface area contributed by atoms with E-state index in [4.69, 9.17) is 28.4 Å². The number of carbonyl (C=O) groups excluding carboxylic acids is 1. The molecule has 0 radical (unpaired) electrons. The molecule has 17 unspecified atom stereocenters. The number of carbonyl (C=O) groups is 1. The van der Waals surface area contributed by atoms with Crippen LogP contribution in [0.25, 0.3) is 0 Å². The van der Waals surface area contributed by atoms with Gasteiger partial charge in [-0.25, -0.2) is 0 Å². The van der Waals surface area contributed by atoms with Crippen LogP contribution >= 0.6 is 0 Å². The van der Waals surface area contributed by atoms with E-state index < -0.39 is 124 Å². The maximum atomic E-state index is 13.4. The molecule has 3 heterocycles. The number of aliphatic hydroxyl groups excluding tert-OH is 11. The molecule has 0 aromatic carbocycles. The lowest BCUT2D eigenvalue weighted by Gasteiger charge is -2.48. The van der Waals surface area contributed by atoms with Gasteiger partial charge in [-0.15, -0.1) is 0 Å². The maximum Gasteiger partial charge on any atom is 0.220 e. The summed E-state index contributed by atoms with van der Waals surface area (Å²) in [6.07, 6.45) is 36.6. The molecule has 3 saturated heterocycles. The van der Waals surface area contributed by atoms with Gasteiger partial charge < -0.3 is 89.9 Å². The molecule has 17 atom stereocenters. The lowest BCUT2D eigenvalue weighted by Crippen LogP contribution is -2.66. The summed E-state index contributed by atoms with van der Waals surface area (Å²) in [5.41, 5.74) is 0. The van der Waals surface area contributed by atoms with Crippen molar-refractivity contribution in [3.05, 3.63) is 0 Å². The molecule has 0 bridgehead atoms. The molecule has 0 spiro atoms. The highest BCUT2D eigenvalue weighted by Gasteiger charge is 2.54. The lowest BCUT2D eigenvalue weighted by molar-refractivity contribution is -0.379. The zero-order valence-electron chi connectivity index (χ0n) is 58.8. The van der Waals surface area contributed by atoms with Crippen LogP contribution in [0.3, 0.4) is 0 Å². The smallest absolute Gasteiger partial charge is 0.220 e. The minimum Gasteiger partial charge on any atom is -0.394 e. The molecule has 19 heteroatoms. The van der Waals surface area contributed by atoms with E-state index in [2.05, 4.69) is 19.2 Å². The van der Waals surface area contributed by atoms with E-state index in [1.165, 1.54) is 257 Å². The third-order valence-corrected chi connectivity index (χ3v) is 19.9. The van der Waals surface area contributed by atoms with Gasteiger partial charge in [-0.3, -0.25) is 4.79 Å². The van der Waals surface area contributed by atoms with Crippen LogP contribution in [0.4, 0.5) is 0 Å². The third kappa shape index (κ3) is 37.7. The minimum absolute atomic E-state index is 0.235. The van der Waals surface area contributed by atoms with Gasteiger partial charge in [0.1, 0.15) is 73.2 Å². The average Bonchev–Trinajstić information content (AvgIpc) is 0.842. The maximum absolute atomic E-state index is 13.4. The van der Waals surface area contributed by atoms with Crippen molar-refractivity contribution in [1.29, 1.82) is 0 Å². The van der Waals surface area contributed by atoms with Crippen LogP contribution in [0, 0.1) is 0 Å². The van der Waals surface area contributed by atoms with Crippen LogP contribution in [0.15, 0.2) is 0 Å². The largest absolute Gasteiger partial charge is 0.394 e. The fourth-order valence-electron chi connectivity index (χ4n) is 13.7. The van der Waals surface area contributed by atoms with Gasteiger partial charge >= 0.3 is 0 Å². The summed E-state index contributed by atoms with van der Waals surface area (Å²) >= 11 is 0. The first-order chi connectivity index (χ1) is 45.3. The molecule has 552 valence electrons. The van der Waals surface area contributed by atoms with E-state index in [-0.39, 0.29) is 18.9 Å². The van der Waals surface area contributed by atoms with Crippen molar-refractivity contribution in [2.45, 2.75) is 439 Å². The average molecular weight is 1330 g/mol. The highest BCUT2D eigenvalue weighted by molar-refractivity contribution is 5.76. The molecule has 0 aliphatic carbocycles. The van der Waals surface area contributed by atoms with Crippen molar-refractivity contribution in [2.75, 3.05) is 26.4 Å². The molecule has 0 aromatic rings. The SMILES string of the molecule is CCCCCCCCCCCCCCCCCCCCCCCCCCCCCCCCCCCCCC(=O)NC(COC1OC(CO)C(OC2OC(CO)C(OC3OC(CO)C(O)C(O)C3O)C(O)C2O)C(O)C1O)C(O)CCCCCCCCCCCCCCC. The van der Waals surface area contributed by atoms with E-state index in [1.54, 1.807) is 0 Å². The number of hydrogen-bond donors (Lipinski definition) is 12. The van der Waals surface area contributed by atoms with Gasteiger partial charge in [0.25, 0.3) is 0 Å². The Kier molecular flexibility index (Phi) is 52.3. The Bertz CT molecular complexity index is 1690. The van der Waals surface area contributed by atoms with E-state index in [9.17, 15) is 61.0 Å². The number of nitrogens with one attached hydrogen (secondary N) is 1. The molecule has 3 aliphatic heterocycles. The van der Waals surface area contributed by atoms with Crippen molar-refractivity contribution in [3.63, 3.8) is 0 Å². The standard InChI is InChI=1S/C74H143NO18/c1-3-5-7-9-11-13-15-17-18-19-20-21-22-23-24-25-26-27-28-29-30-31-32-33-34-35-36-37-38-40-42-44-46-48-50-52-62(80)75-57(58(79)51-49-47-45-43-41-39-16-14-12-10-8-6-4-2)56-88-72-68(86)65(83)70(60(54-77)90-72)93-74-69(87)66(84)71(61(55-78)91-74)92-73-67(85)64(82)63(81)59(53-76)89-73/h57-61,63-74,76-79,81-87H,3-56H2,1-2H3,(H,75,80). The summed E-state index contributed by atoms with van der Waals surface area (Å²) in [6.45, 7) is 1.84. The van der Waals surface area contributed by atoms with E-state index in [0.29, 0.717) is 12.8 Å². The second-order valence-corrected chi connectivity index (χ2v) is 28.2. The number of unbranched alkanes of at least 4 members (excludes halogenated alkanes) is 46. The van der Waals surface area contributed by atoms with Gasteiger partial charge in [0.2, 0.25) is 5.91 Å². The molecule has 93 heavy (non-hydrogen) atoms. The predicted octanol–water partition coefficient (Wildman–Crippen LogP) is 11.8. The minimum atomic E-state index is -1.97. The molecule has 1 amide bonds. The van der Waals surface area contributed by atoms with Crippen molar-refractivity contribution >= 4 is 5.91 Å². The Balaban J connectivity index is 1.30. The van der Waals surface area contributed by atoms with Gasteiger partial charge in [0.05, 0.1) is 38.6 Å². The summed E-state index contributed by atoms with van der Waals surface area (Å²) in [7, 11) is 0. The first kappa shape index (κ1) is 86.0. The van der Waals surface area contributed by atoms with Crippen LogP contribution in [0.5, 0.6) is 0 Å². The normalized spacial score (nSPS) is 27.4. The Labute approximate surface area is 563 Å². The molecule has 3 rings (SSSR count). The molecule has 19 nitrogen and oxygen atoms in total. The van der Waals surface area contributed by atoms with Gasteiger partial charge in [-0.2, -0.15) is 0 Å². The van der Waals surface area contributed by atoms with E-state index in [0.717, 1.165) is 44.9 Å². The Morgan fingerprint density at radius 2 is 0.613 bits per heavy atom. The molecule has 0 aromatic heterocycles. The highest BCUT2D eigenvalue weighted by atomic mass is 16.8. The Hall–Kier alpha value is -1.21. The first-order valence-electron chi connectivity index (χ1n) is 38.8. The lowest BCUT2D eigenvalue weighted by atomic mass is 9.96. The Morgan fingerprint density at radius 3 is 0.935 bits per heavy atom. The van der Waals surface area contributed by atoms with E-state index in [1.807, 2.05) is 0 Å². The Morgan fingerprint density at radius 1 is 0.344 bits per heavy atom. The van der Waals surface area contributed by atoms with Crippen molar-refractivity contribution in [2.24, 2.45) is 0 Å². The number of amides is 1. The fourth-order valence-corrected chi connectivity index (χ4v) is 13.7. The van der Waals surface area contributed by atoms with Crippen LogP contribution < -0.4 is 5.32 Å². The quantitative estimate of drug-likeness (QED) is 0.0252. The summed E-state index contributed by atoms with van der Waals surface area (Å²) in [6, 6.07) is -0.881. The van der Waals surface area contributed by atoms with Crippen molar-refractivity contribution in [3.8, 4) is 0 Å². The van der Waals surface area contributed by atoms with E-state index >= 15 is 0 Å². The molecular weight excluding hydrogens is 1190 g/mol. The van der Waals surface area contributed by atoms with Crippen LogP contribution in [-0.4, -0.2) is 193 Å². The summed E-state index contributed by atoms with van der Waals surface area (Å²) in [4.78, 5) is 13.4. The topological polar surface area (TPSA) is 307 Å². The van der Waals surface area contributed by atoms with Crippen molar-refractivity contribution < 1.29 is 89.4 Å². The fraction of sp³-hybridized carbons (Fsp3) is 0.986. The monoisotopic (exact) mass is 1330 g/mol. The summed E-state index contributed by atoms with van der Waals surface area (Å²) in [5.74, 6) is -0.235. The first-order valence-corrected chi connectivity index (χ1v) is 38.8. The van der Waals surface area contributed by atoms with Gasteiger partial charge in [-0.05, 0) is 12.8 Å². The third-order valence-electron chi connectivity index (χ3n) is 19.9. The number of rotatable bonds is 62. The van der Waals surface area contributed by atoms with Gasteiger partial charge in [0.15, 0.2) is 18.9 Å². The van der Waals surface area contributed by atoms with Gasteiger partial charge in [-0.1, -0.05) is 316 Å².